The van der Waals surface area contributed by atoms with Crippen LogP contribution in [0.1, 0.15) is 12.7 Å². The average Bonchev–Trinajstić information content (AvgIpc) is 3.29. The fourth-order valence-corrected chi connectivity index (χ4v) is 3.45. The topological polar surface area (TPSA) is 89.0 Å². The van der Waals surface area contributed by atoms with Gasteiger partial charge in [-0.15, -0.1) is 0 Å². The smallest absolute Gasteiger partial charge is 0.280 e. The largest absolute Gasteiger partial charge is 0.457 e. The standard InChI is InChI=1S/C21H13BrClN3O4/c1-12-17(21(27)25(24-12)14-4-2-13(22)3-5-14)11-16-7-9-20(30-16)18-10-15(26(28)29)6-8-19(18)23/h2-11H,1H3/b17-11-. The molecule has 2 aromatic carbocycles. The number of non-ortho nitro benzene ring substituents is 1. The van der Waals surface area contributed by atoms with Gasteiger partial charge in [0.2, 0.25) is 0 Å². The van der Waals surface area contributed by atoms with Crippen molar-refractivity contribution in [1.82, 2.24) is 0 Å². The molecule has 1 amide bonds. The summed E-state index contributed by atoms with van der Waals surface area (Å²) >= 11 is 9.54. The lowest BCUT2D eigenvalue weighted by molar-refractivity contribution is -0.384. The number of nitro groups is 1. The summed E-state index contributed by atoms with van der Waals surface area (Å²) in [5.41, 5.74) is 1.90. The molecule has 0 N–H and O–H groups in total. The first-order chi connectivity index (χ1) is 14.3. The van der Waals surface area contributed by atoms with Gasteiger partial charge in [-0.05, 0) is 55.5 Å². The van der Waals surface area contributed by atoms with Gasteiger partial charge in [-0.25, -0.2) is 0 Å². The average molecular weight is 487 g/mol. The third-order valence-electron chi connectivity index (χ3n) is 4.47. The van der Waals surface area contributed by atoms with Crippen molar-refractivity contribution in [2.45, 2.75) is 6.92 Å². The van der Waals surface area contributed by atoms with Gasteiger partial charge in [0.1, 0.15) is 11.5 Å². The zero-order valence-electron chi connectivity index (χ0n) is 15.5. The van der Waals surface area contributed by atoms with E-state index in [0.717, 1.165) is 4.47 Å². The molecule has 4 rings (SSSR count). The maximum absolute atomic E-state index is 12.8. The molecule has 0 spiro atoms. The van der Waals surface area contributed by atoms with Crippen LogP contribution in [-0.4, -0.2) is 16.5 Å². The van der Waals surface area contributed by atoms with Crippen LogP contribution < -0.4 is 5.01 Å². The summed E-state index contributed by atoms with van der Waals surface area (Å²) in [6.07, 6.45) is 1.59. The van der Waals surface area contributed by atoms with Crippen molar-refractivity contribution < 1.29 is 14.1 Å². The number of carbonyl (C=O) groups is 1. The SMILES string of the molecule is CC1=NN(c2ccc(Br)cc2)C(=O)/C1=C\c1ccc(-c2cc([N+](=O)[O-])ccc2Cl)o1. The molecule has 0 unspecified atom stereocenters. The minimum Gasteiger partial charge on any atom is -0.457 e. The summed E-state index contributed by atoms with van der Waals surface area (Å²) in [5.74, 6) is 0.490. The van der Waals surface area contributed by atoms with E-state index in [-0.39, 0.29) is 11.6 Å². The van der Waals surface area contributed by atoms with Crippen molar-refractivity contribution in [2.24, 2.45) is 5.10 Å². The van der Waals surface area contributed by atoms with Crippen LogP contribution in [0.4, 0.5) is 11.4 Å². The quantitative estimate of drug-likeness (QED) is 0.254. The van der Waals surface area contributed by atoms with Gasteiger partial charge in [0.25, 0.3) is 11.6 Å². The molecular weight excluding hydrogens is 474 g/mol. The normalized spacial score (nSPS) is 15.0. The van der Waals surface area contributed by atoms with Crippen molar-refractivity contribution >= 4 is 56.6 Å². The number of anilines is 1. The Hall–Kier alpha value is -3.23. The second-order valence-electron chi connectivity index (χ2n) is 6.46. The minimum absolute atomic E-state index is 0.0928. The molecule has 2 heterocycles. The first-order valence-electron chi connectivity index (χ1n) is 8.75. The Morgan fingerprint density at radius 2 is 1.90 bits per heavy atom. The molecular formula is C21H13BrClN3O4. The van der Waals surface area contributed by atoms with Crippen LogP contribution in [0, 0.1) is 10.1 Å². The van der Waals surface area contributed by atoms with E-state index >= 15 is 0 Å². The number of nitrogens with zero attached hydrogens (tertiary/aromatic N) is 3. The Morgan fingerprint density at radius 3 is 2.60 bits per heavy atom. The Balaban J connectivity index is 1.64. The van der Waals surface area contributed by atoms with Crippen molar-refractivity contribution in [3.05, 3.63) is 85.5 Å². The number of hydrogen-bond donors (Lipinski definition) is 0. The summed E-state index contributed by atoms with van der Waals surface area (Å²) in [4.78, 5) is 23.4. The van der Waals surface area contributed by atoms with Crippen molar-refractivity contribution in [2.75, 3.05) is 5.01 Å². The number of halogens is 2. The van der Waals surface area contributed by atoms with E-state index in [2.05, 4.69) is 21.0 Å². The molecule has 7 nitrogen and oxygen atoms in total. The third kappa shape index (κ3) is 3.79. The van der Waals surface area contributed by atoms with Crippen LogP contribution in [0.3, 0.4) is 0 Å². The molecule has 0 radical (unpaired) electrons. The highest BCUT2D eigenvalue weighted by Gasteiger charge is 2.29. The molecule has 0 fully saturated rings. The van der Waals surface area contributed by atoms with E-state index in [0.29, 0.717) is 39.1 Å². The fraction of sp³-hybridized carbons (Fsp3) is 0.0476. The minimum atomic E-state index is -0.501. The summed E-state index contributed by atoms with van der Waals surface area (Å²) in [7, 11) is 0. The molecule has 0 saturated heterocycles. The summed E-state index contributed by atoms with van der Waals surface area (Å²) < 4.78 is 6.69. The van der Waals surface area contributed by atoms with Crippen LogP contribution in [-0.2, 0) is 4.79 Å². The molecule has 3 aromatic rings. The fourth-order valence-electron chi connectivity index (χ4n) is 2.97. The zero-order chi connectivity index (χ0) is 21.4. The number of nitro benzene ring substituents is 1. The second kappa shape index (κ2) is 7.89. The lowest BCUT2D eigenvalue weighted by atomic mass is 10.1. The predicted molar refractivity (Wildman–Crippen MR) is 119 cm³/mol. The lowest BCUT2D eigenvalue weighted by Gasteiger charge is -2.11. The molecule has 0 aliphatic carbocycles. The maximum Gasteiger partial charge on any atom is 0.280 e. The van der Waals surface area contributed by atoms with Crippen LogP contribution in [0.5, 0.6) is 0 Å². The van der Waals surface area contributed by atoms with Gasteiger partial charge >= 0.3 is 0 Å². The van der Waals surface area contributed by atoms with Crippen molar-refractivity contribution in [1.29, 1.82) is 0 Å². The van der Waals surface area contributed by atoms with Gasteiger partial charge in [0.15, 0.2) is 0 Å². The predicted octanol–water partition coefficient (Wildman–Crippen LogP) is 6.08. The van der Waals surface area contributed by atoms with Gasteiger partial charge in [-0.3, -0.25) is 14.9 Å². The number of rotatable bonds is 4. The number of furan rings is 1. The highest BCUT2D eigenvalue weighted by Crippen LogP contribution is 2.33. The Labute approximate surface area is 184 Å². The number of carbonyl (C=O) groups excluding carboxylic acids is 1. The van der Waals surface area contributed by atoms with E-state index in [1.54, 1.807) is 37.3 Å². The lowest BCUT2D eigenvalue weighted by Crippen LogP contribution is -2.21. The van der Waals surface area contributed by atoms with E-state index in [9.17, 15) is 14.9 Å². The Morgan fingerprint density at radius 1 is 1.17 bits per heavy atom. The molecule has 150 valence electrons. The summed E-state index contributed by atoms with van der Waals surface area (Å²) in [6, 6.07) is 14.7. The van der Waals surface area contributed by atoms with E-state index in [4.69, 9.17) is 16.0 Å². The highest BCUT2D eigenvalue weighted by atomic mass is 79.9. The number of benzene rings is 2. The van der Waals surface area contributed by atoms with Gasteiger partial charge in [0.05, 0.1) is 26.9 Å². The van der Waals surface area contributed by atoms with Crippen molar-refractivity contribution in [3.63, 3.8) is 0 Å². The molecule has 0 atom stereocenters. The molecule has 1 aliphatic heterocycles. The zero-order valence-corrected chi connectivity index (χ0v) is 17.8. The van der Waals surface area contributed by atoms with E-state index < -0.39 is 4.92 Å². The third-order valence-corrected chi connectivity index (χ3v) is 5.33. The highest BCUT2D eigenvalue weighted by molar-refractivity contribution is 9.10. The monoisotopic (exact) mass is 485 g/mol. The molecule has 1 aliphatic rings. The van der Waals surface area contributed by atoms with Gasteiger partial charge in [0, 0.05) is 22.2 Å². The molecule has 30 heavy (non-hydrogen) atoms. The maximum atomic E-state index is 12.8. The molecule has 0 saturated carbocycles. The van der Waals surface area contributed by atoms with Gasteiger partial charge in [-0.1, -0.05) is 27.5 Å². The second-order valence-corrected chi connectivity index (χ2v) is 7.78. The molecule has 9 heteroatoms. The Bertz CT molecular complexity index is 1230. The van der Waals surface area contributed by atoms with E-state index in [1.165, 1.54) is 23.2 Å². The number of hydrazone groups is 1. The first-order valence-corrected chi connectivity index (χ1v) is 9.92. The van der Waals surface area contributed by atoms with Crippen LogP contribution in [0.15, 0.2) is 74.2 Å². The van der Waals surface area contributed by atoms with Crippen LogP contribution in [0.25, 0.3) is 17.4 Å². The number of amides is 1. The molecule has 1 aromatic heterocycles. The summed E-state index contributed by atoms with van der Waals surface area (Å²) in [5, 5.41) is 17.0. The van der Waals surface area contributed by atoms with Crippen LogP contribution >= 0.6 is 27.5 Å². The number of hydrogen-bond acceptors (Lipinski definition) is 5. The Kier molecular flexibility index (Phi) is 5.27. The van der Waals surface area contributed by atoms with Gasteiger partial charge < -0.3 is 4.42 Å². The first kappa shape index (κ1) is 20.1. The molecule has 0 bridgehead atoms. The van der Waals surface area contributed by atoms with Gasteiger partial charge in [-0.2, -0.15) is 10.1 Å². The summed E-state index contributed by atoms with van der Waals surface area (Å²) in [6.45, 7) is 1.74. The van der Waals surface area contributed by atoms with E-state index in [1.807, 2.05) is 12.1 Å². The van der Waals surface area contributed by atoms with Crippen LogP contribution in [0.2, 0.25) is 5.02 Å². The van der Waals surface area contributed by atoms with Crippen molar-refractivity contribution in [3.8, 4) is 11.3 Å².